The first-order valence-electron chi connectivity index (χ1n) is 7.84. The van der Waals surface area contributed by atoms with Crippen LogP contribution in [0.25, 0.3) is 4.13 Å². The molecule has 0 aromatic carbocycles. The molecule has 0 unspecified atom stereocenters. The second-order valence-corrected chi connectivity index (χ2v) is 9.11. The van der Waals surface area contributed by atoms with Gasteiger partial charge in [-0.25, -0.2) is 16.8 Å². The maximum Gasteiger partial charge on any atom is 0.480 e. The van der Waals surface area contributed by atoms with E-state index in [0.717, 1.165) is 4.13 Å². The van der Waals surface area contributed by atoms with Crippen molar-refractivity contribution in [2.24, 2.45) is 0 Å². The lowest BCUT2D eigenvalue weighted by Crippen LogP contribution is -3.09. The van der Waals surface area contributed by atoms with E-state index in [0.29, 0.717) is 0 Å². The fraction of sp³-hybridized carbons (Fsp3) is 1.00. The van der Waals surface area contributed by atoms with E-state index in [1.807, 2.05) is 4.90 Å². The molecule has 0 aromatic heterocycles. The molecule has 0 spiro atoms. The second kappa shape index (κ2) is 10.1. The van der Waals surface area contributed by atoms with Gasteiger partial charge in [0.15, 0.2) is 20.0 Å². The summed E-state index contributed by atoms with van der Waals surface area (Å²) in [6, 6.07) is 0. The summed E-state index contributed by atoms with van der Waals surface area (Å²) in [5.41, 5.74) is -12.4. The van der Waals surface area contributed by atoms with Gasteiger partial charge in [-0.2, -0.15) is 26.3 Å². The molecule has 1 saturated heterocycles. The Kier molecular flexibility index (Phi) is 9.85. The normalized spacial score (nSPS) is 17.0. The first-order chi connectivity index (χ1) is 11.6. The number of nitrogens with zero attached hydrogens (tertiary/aromatic N) is 1. The van der Waals surface area contributed by atoms with Crippen LogP contribution in [0.4, 0.5) is 26.3 Å². The van der Waals surface area contributed by atoms with Gasteiger partial charge in [-0.15, -0.1) is 0 Å². The zero-order valence-corrected chi connectivity index (χ0v) is 15.7. The van der Waals surface area contributed by atoms with Crippen molar-refractivity contribution in [2.75, 3.05) is 19.6 Å². The fourth-order valence-electron chi connectivity index (χ4n) is 2.14. The minimum Gasteiger partial charge on any atom is -0.421 e. The Morgan fingerprint density at radius 1 is 0.808 bits per heavy atom. The number of quaternary nitrogens is 1. The molecule has 14 heteroatoms. The molecule has 0 atom stereocenters. The van der Waals surface area contributed by atoms with Crippen LogP contribution in [-0.4, -0.2) is 47.5 Å². The van der Waals surface area contributed by atoms with Crippen LogP contribution in [0.1, 0.15) is 45.4 Å². The van der Waals surface area contributed by atoms with E-state index in [9.17, 15) is 43.2 Å². The highest BCUT2D eigenvalue weighted by atomic mass is 32.3. The van der Waals surface area contributed by atoms with Crippen LogP contribution in [0.15, 0.2) is 0 Å². The maximum atomic E-state index is 11.4. The first-order valence-corrected chi connectivity index (χ1v) is 10.7. The summed E-state index contributed by atoms with van der Waals surface area (Å²) >= 11 is 0. The molecule has 0 aromatic rings. The van der Waals surface area contributed by atoms with Crippen molar-refractivity contribution in [2.45, 2.75) is 56.5 Å². The van der Waals surface area contributed by atoms with E-state index in [2.05, 4.69) is 6.92 Å². The SMILES string of the molecule is CCCCCC[NH+]1CCCC1.O=S(=O)([N-]S(=O)(=O)C(F)(F)F)C(F)(F)F. The van der Waals surface area contributed by atoms with Gasteiger partial charge in [0.25, 0.3) is 0 Å². The predicted octanol–water partition coefficient (Wildman–Crippen LogP) is 2.30. The fourth-order valence-corrected chi connectivity index (χ4v) is 3.85. The lowest BCUT2D eigenvalue weighted by molar-refractivity contribution is -0.887. The molecule has 1 rings (SSSR count). The molecular formula is C12H22F6N2O4S2. The first kappa shape index (κ1) is 25.4. The molecule has 158 valence electrons. The third-order valence-corrected chi connectivity index (χ3v) is 6.22. The smallest absolute Gasteiger partial charge is 0.421 e. The Balaban J connectivity index is 0.000000502. The highest BCUT2D eigenvalue weighted by Gasteiger charge is 2.46. The number of unbranched alkanes of at least 4 members (excludes halogenated alkanes) is 3. The van der Waals surface area contributed by atoms with Gasteiger partial charge < -0.3 is 9.03 Å². The Morgan fingerprint density at radius 2 is 1.23 bits per heavy atom. The third-order valence-electron chi connectivity index (χ3n) is 3.48. The van der Waals surface area contributed by atoms with Crippen molar-refractivity contribution in [1.82, 2.24) is 0 Å². The highest BCUT2D eigenvalue weighted by Crippen LogP contribution is 2.36. The average Bonchev–Trinajstić information content (AvgIpc) is 2.94. The molecule has 1 aliphatic rings. The number of likely N-dealkylation sites (tertiary alicyclic amines) is 1. The maximum absolute atomic E-state index is 11.4. The van der Waals surface area contributed by atoms with Crippen molar-refractivity contribution in [1.29, 1.82) is 0 Å². The Hall–Kier alpha value is -0.600. The van der Waals surface area contributed by atoms with Crippen molar-refractivity contribution in [3.63, 3.8) is 0 Å². The monoisotopic (exact) mass is 436 g/mol. The summed E-state index contributed by atoms with van der Waals surface area (Å²) in [7, 11) is -13.4. The standard InChI is InChI=1S/C10H21N.C2F6NO4S2/c1-2-3-4-5-8-11-9-6-7-10-11;3-1(4,5)14(10,11)9-15(12,13)2(6,7)8/h2-10H2,1H3;/q;-1/p+1. The lowest BCUT2D eigenvalue weighted by atomic mass is 10.2. The number of halogens is 6. The average molecular weight is 436 g/mol. The summed E-state index contributed by atoms with van der Waals surface area (Å²) in [5.74, 6) is 0. The third kappa shape index (κ3) is 8.86. The number of alkyl halides is 6. The van der Waals surface area contributed by atoms with Crippen LogP contribution in [0.2, 0.25) is 0 Å². The van der Waals surface area contributed by atoms with Crippen LogP contribution in [-0.2, 0) is 20.0 Å². The van der Waals surface area contributed by atoms with Gasteiger partial charge in [0, 0.05) is 12.8 Å². The Bertz CT molecular complexity index is 569. The molecule has 0 radical (unpaired) electrons. The molecule has 26 heavy (non-hydrogen) atoms. The molecule has 0 bridgehead atoms. The molecule has 1 heterocycles. The number of hydrogen-bond acceptors (Lipinski definition) is 4. The van der Waals surface area contributed by atoms with Crippen LogP contribution >= 0.6 is 0 Å². The van der Waals surface area contributed by atoms with Crippen LogP contribution in [0, 0.1) is 0 Å². The van der Waals surface area contributed by atoms with E-state index in [1.54, 1.807) is 0 Å². The van der Waals surface area contributed by atoms with Gasteiger partial charge >= 0.3 is 11.0 Å². The van der Waals surface area contributed by atoms with Crippen molar-refractivity contribution in [3.8, 4) is 0 Å². The van der Waals surface area contributed by atoms with Crippen LogP contribution in [0.3, 0.4) is 0 Å². The summed E-state index contributed by atoms with van der Waals surface area (Å²) in [5, 5.41) is 0. The molecule has 6 nitrogen and oxygen atoms in total. The van der Waals surface area contributed by atoms with E-state index >= 15 is 0 Å². The summed E-state index contributed by atoms with van der Waals surface area (Å²) in [6.07, 6.45) is 8.68. The second-order valence-electron chi connectivity index (χ2n) is 5.68. The van der Waals surface area contributed by atoms with E-state index in [-0.39, 0.29) is 0 Å². The number of sulfonamides is 2. The topological polar surface area (TPSA) is 86.8 Å². The van der Waals surface area contributed by atoms with E-state index < -0.39 is 31.1 Å². The van der Waals surface area contributed by atoms with Gasteiger partial charge in [-0.3, -0.25) is 0 Å². The van der Waals surface area contributed by atoms with Crippen molar-refractivity contribution >= 4 is 20.0 Å². The molecule has 1 aliphatic heterocycles. The number of rotatable bonds is 7. The van der Waals surface area contributed by atoms with E-state index in [1.165, 1.54) is 58.2 Å². The Labute approximate surface area is 149 Å². The van der Waals surface area contributed by atoms with Gasteiger partial charge in [-0.05, 0) is 12.8 Å². The van der Waals surface area contributed by atoms with Gasteiger partial charge in [-0.1, -0.05) is 19.8 Å². The molecule has 1 fully saturated rings. The van der Waals surface area contributed by atoms with Crippen LogP contribution < -0.4 is 4.90 Å². The Morgan fingerprint density at radius 3 is 1.58 bits per heavy atom. The van der Waals surface area contributed by atoms with Gasteiger partial charge in [0.05, 0.1) is 19.6 Å². The molecular weight excluding hydrogens is 414 g/mol. The summed E-state index contributed by atoms with van der Waals surface area (Å²) in [4.78, 5) is 1.86. The van der Waals surface area contributed by atoms with Gasteiger partial charge in [0.1, 0.15) is 0 Å². The lowest BCUT2D eigenvalue weighted by Gasteiger charge is -2.22. The molecule has 0 amide bonds. The zero-order valence-electron chi connectivity index (χ0n) is 14.0. The van der Waals surface area contributed by atoms with E-state index in [4.69, 9.17) is 0 Å². The minimum absolute atomic E-state index is 0.778. The zero-order chi connectivity index (χ0) is 20.6. The van der Waals surface area contributed by atoms with Crippen molar-refractivity contribution in [3.05, 3.63) is 4.13 Å². The highest BCUT2D eigenvalue weighted by molar-refractivity contribution is 8.13. The number of hydrogen-bond donors (Lipinski definition) is 1. The molecule has 0 aliphatic carbocycles. The predicted molar refractivity (Wildman–Crippen MR) is 82.2 cm³/mol. The van der Waals surface area contributed by atoms with Crippen molar-refractivity contribution < 1.29 is 48.1 Å². The van der Waals surface area contributed by atoms with Gasteiger partial charge in [0.2, 0.25) is 0 Å². The molecule has 0 saturated carbocycles. The summed E-state index contributed by atoms with van der Waals surface area (Å²) < 4.78 is 109. The summed E-state index contributed by atoms with van der Waals surface area (Å²) in [6.45, 7) is 6.63. The quantitative estimate of drug-likeness (QED) is 0.490. The van der Waals surface area contributed by atoms with Crippen LogP contribution in [0.5, 0.6) is 0 Å². The number of nitrogens with one attached hydrogen (secondary N) is 1. The molecule has 1 N–H and O–H groups in total. The minimum atomic E-state index is -6.72. The largest absolute Gasteiger partial charge is 0.480 e.